The van der Waals surface area contributed by atoms with E-state index in [0.29, 0.717) is 0 Å². The lowest BCUT2D eigenvalue weighted by Gasteiger charge is -2.02. The minimum absolute atomic E-state index is 0. The molecule has 0 saturated heterocycles. The minimum Gasteiger partial charge on any atom is -0.412 e. The van der Waals surface area contributed by atoms with Gasteiger partial charge in [0.1, 0.15) is 0 Å². The van der Waals surface area contributed by atoms with Crippen molar-refractivity contribution in [2.45, 2.75) is 66.8 Å². The zero-order valence-corrected chi connectivity index (χ0v) is 70.5. The summed E-state index contributed by atoms with van der Waals surface area (Å²) in [4.78, 5) is 0. The van der Waals surface area contributed by atoms with E-state index in [9.17, 15) is 0 Å². The lowest BCUT2D eigenvalue weighted by atomic mass is 12.0. The Bertz CT molecular complexity index is 630. The second kappa shape index (κ2) is 398. The molecule has 0 aliphatic carbocycles. The monoisotopic (exact) mass is 2150 g/mol. The van der Waals surface area contributed by atoms with Gasteiger partial charge in [0.05, 0.1) is 0 Å². The molecule has 78 N–H and O–H groups in total. The second-order valence-electron chi connectivity index (χ2n) is 4.80. The molecule has 96 heteroatoms. The first-order valence-electron chi connectivity index (χ1n) is 10.8. The summed E-state index contributed by atoms with van der Waals surface area (Å²) in [5, 5.41) is 77.4. The van der Waals surface area contributed by atoms with Crippen molar-refractivity contribution < 1.29 is 371 Å². The van der Waals surface area contributed by atoms with Crippen molar-refractivity contribution in [2.24, 2.45) is 0 Å². The largest absolute Gasteiger partial charge is 0.412 e. The standard InChI is InChI=1S/9CH4.H6O16P4.H6O12P4.H6O8P4.36H2O.3H6P4/c;;;;;;;;;1-3-5-9-17-11-7-8-12-19-14-16-20-15-13-18-10-6-4-2;1-3-6-13-8-5-9-15-12-16-11-10-14-7-4-2;1-3-9-5-6-11-8-12-7-10-4-2;;;;;;;;;;;;;;;;;;;;;;;;;;;;;;;;;;;;;3*1-4(2)3/h9*1H4;1-2,17-20H;1-2,13-16H;1-2,9-12H;36*1H2;3*1-3H2. The van der Waals surface area contributed by atoms with Gasteiger partial charge in [0.2, 0.25) is 72.3 Å². The van der Waals surface area contributed by atoms with Crippen molar-refractivity contribution in [3.8, 4) is 0 Å². The highest BCUT2D eigenvalue weighted by Gasteiger charge is 1.98. The zero-order chi connectivity index (χ0) is 46.4. The van der Waals surface area contributed by atoms with Gasteiger partial charge in [-0.1, -0.05) is 82.0 Å². The third kappa shape index (κ3) is 619. The van der Waals surface area contributed by atoms with E-state index < -0.39 is 99.4 Å². The van der Waals surface area contributed by atoms with E-state index in [0.717, 1.165) is 0 Å². The molecule has 0 radical (unpaired) electrons. The summed E-state index contributed by atoms with van der Waals surface area (Å²) in [5.41, 5.74) is 0. The summed E-state index contributed by atoms with van der Waals surface area (Å²) < 4.78 is 87.6. The summed E-state index contributed by atoms with van der Waals surface area (Å²) in [5.74, 6) is 0. The lowest BCUT2D eigenvalue weighted by Crippen LogP contribution is -1.89. The second-order valence-corrected chi connectivity index (χ2v) is 47.2. The average molecular weight is 2150 g/mol. The van der Waals surface area contributed by atoms with Crippen molar-refractivity contribution in [2.75, 3.05) is 0 Å². The van der Waals surface area contributed by atoms with Crippen LogP contribution in [-0.2, 0) is 142 Å². The van der Waals surface area contributed by atoms with Gasteiger partial charge in [-0.05, 0) is 51.2 Å². The highest BCUT2D eigenvalue weighted by Crippen LogP contribution is 2.60. The molecule has 0 aromatic rings. The van der Waals surface area contributed by atoms with Gasteiger partial charge in [-0.15, -0.1) is 80.4 Å². The third-order valence-corrected chi connectivity index (χ3v) is 6.53. The van der Waals surface area contributed by atoms with Crippen LogP contribution < -0.4 is 0 Å². The molecule has 0 aliphatic rings. The maximum Gasteiger partial charge on any atom is 0.239 e. The third-order valence-electron chi connectivity index (χ3n) is 1.40. The molecule has 21 atom stereocenters. The summed E-state index contributed by atoms with van der Waals surface area (Å²) in [7, 11) is 16.5. The Kier molecular flexibility index (Phi) is 1400. The molecule has 105 heavy (non-hydrogen) atoms. The lowest BCUT2D eigenvalue weighted by molar-refractivity contribution is -0.605. The van der Waals surface area contributed by atoms with Crippen LogP contribution in [0.1, 0.15) is 66.8 Å². The van der Waals surface area contributed by atoms with Gasteiger partial charge in [0, 0.05) is 0 Å². The highest BCUT2D eigenvalue weighted by molar-refractivity contribution is 8.66. The highest BCUT2D eigenvalue weighted by atomic mass is 32.7. The van der Waals surface area contributed by atoms with Gasteiger partial charge in [-0.2, -0.15) is 84.1 Å². The molecule has 0 saturated carbocycles. The van der Waals surface area contributed by atoms with Crippen LogP contribution in [0.4, 0.5) is 0 Å². The van der Waals surface area contributed by atoms with Crippen LogP contribution in [0, 0.1) is 0 Å². The molecule has 0 rings (SSSR count). The van der Waals surface area contributed by atoms with Crippen molar-refractivity contribution in [3.63, 3.8) is 0 Å². The van der Waals surface area contributed by atoms with Crippen LogP contribution >= 0.6 is 210 Å². The van der Waals surface area contributed by atoms with Gasteiger partial charge in [0.15, 0.2) is 36.1 Å². The fourth-order valence-corrected chi connectivity index (χ4v) is 3.84. The molecule has 0 aromatic carbocycles. The predicted molar refractivity (Wildman–Crippen MR) is 447 cm³/mol. The Morgan fingerprint density at radius 2 is 0.295 bits per heavy atom. The molecule has 0 spiro atoms. The zero-order valence-electron chi connectivity index (χ0n) is 45.5. The molecule has 0 aromatic heterocycles. The van der Waals surface area contributed by atoms with E-state index in [-0.39, 0.29) is 294 Å². The summed E-state index contributed by atoms with van der Waals surface area (Å²) in [6, 6.07) is 0. The number of rotatable bonds is 39. The fraction of sp³-hybridized carbons (Fsp3) is 1.00. The first-order chi connectivity index (χ1) is 28.9. The molecule has 0 amide bonds. The van der Waals surface area contributed by atoms with Crippen LogP contribution in [0.15, 0.2) is 0 Å². The summed E-state index contributed by atoms with van der Waals surface area (Å²) >= 11 is 0. The summed E-state index contributed by atoms with van der Waals surface area (Å²) in [6.07, 6.45) is 0. The van der Waals surface area contributed by atoms with Gasteiger partial charge in [-0.25, -0.2) is 31.5 Å². The van der Waals surface area contributed by atoms with Gasteiger partial charge < -0.3 is 197 Å². The maximum atomic E-state index is 7.78. The van der Waals surface area contributed by atoms with Crippen molar-refractivity contribution >= 4 is 210 Å². The number of hydrogen-bond donors (Lipinski definition) is 6. The molecule has 0 bridgehead atoms. The van der Waals surface area contributed by atoms with Crippen molar-refractivity contribution in [3.05, 3.63) is 0 Å². The fourth-order valence-electron chi connectivity index (χ4n) is 0.565. The first-order valence-corrected chi connectivity index (χ1v) is 39.2. The van der Waals surface area contributed by atoms with E-state index >= 15 is 0 Å². The van der Waals surface area contributed by atoms with E-state index in [4.69, 9.17) is 31.5 Å². The molecule has 21 unspecified atom stereocenters. The summed E-state index contributed by atoms with van der Waals surface area (Å²) in [6.45, 7) is 0.389. The Morgan fingerprint density at radius 3 is 0.524 bits per heavy atom. The van der Waals surface area contributed by atoms with Crippen molar-refractivity contribution in [1.82, 2.24) is 0 Å². The van der Waals surface area contributed by atoms with Crippen LogP contribution in [0.25, 0.3) is 0 Å². The van der Waals surface area contributed by atoms with Crippen LogP contribution in [-0.4, -0.2) is 229 Å². The topological polar surface area (TPSA) is 1530 Å². The van der Waals surface area contributed by atoms with Crippen LogP contribution in [0.3, 0.4) is 0 Å². The Balaban J connectivity index is -0.00000000661. The molecule has 0 aliphatic heterocycles. The average Bonchev–Trinajstić information content (AvgIpc) is 3.19. The van der Waals surface area contributed by atoms with Gasteiger partial charge >= 0.3 is 0 Å². The molecule has 72 nitrogen and oxygen atoms in total. The minimum atomic E-state index is -0.834. The van der Waals surface area contributed by atoms with E-state index in [1.54, 1.807) is 0 Å². The van der Waals surface area contributed by atoms with E-state index in [1.165, 1.54) is 0 Å². The Hall–Kier alpha value is 7.44. The number of hydrogen-bond acceptors (Lipinski definition) is 36. The van der Waals surface area contributed by atoms with E-state index in [1.807, 2.05) is 0 Å². The molecule has 732 valence electrons. The molecular formula is C9H144O72P24. The first kappa shape index (κ1) is 370. The molecule has 0 fully saturated rings. The normalized spacial score (nSPS) is 7.37. The van der Waals surface area contributed by atoms with E-state index in [2.05, 4.69) is 223 Å². The van der Waals surface area contributed by atoms with Crippen LogP contribution in [0.2, 0.25) is 0 Å². The predicted octanol–water partition coefficient (Wildman–Crippen LogP) is -13.3. The van der Waals surface area contributed by atoms with Gasteiger partial charge in [-0.3, -0.25) is 12.9 Å². The van der Waals surface area contributed by atoms with Crippen LogP contribution in [0.5, 0.6) is 0 Å². The van der Waals surface area contributed by atoms with Gasteiger partial charge in [0.25, 0.3) is 0 Å². The Morgan fingerprint density at radius 1 is 0.152 bits per heavy atom. The SMILES string of the molecule is C.C.C.C.C.C.C.C.C.O.O.O.O.O.O.O.O.O.O.O.O.O.O.O.O.O.O.O.O.O.O.O.O.O.O.O.O.O.O.O.O.O.O.O.O.OOOOPOOOOPOOPOOPOOOO.OOOPOOOPOPOOPOOO.OOPOOPOPOPOO.PP(P)P.PP(P)P.PP(P)P. The smallest absolute Gasteiger partial charge is 0.239 e. The quantitative estimate of drug-likeness (QED) is 0.0144. The molecule has 0 heterocycles. The molecular weight excluding hydrogens is 2000 g/mol. The Labute approximate surface area is 645 Å². The van der Waals surface area contributed by atoms with Crippen molar-refractivity contribution in [1.29, 1.82) is 0 Å². The maximum absolute atomic E-state index is 7.78.